The number of likely N-dealkylation sites (N-methyl/N-ethyl adjacent to an activating group) is 1. The van der Waals surface area contributed by atoms with Crippen molar-refractivity contribution in [3.8, 4) is 0 Å². The van der Waals surface area contributed by atoms with Gasteiger partial charge in [0.2, 0.25) is 0 Å². The van der Waals surface area contributed by atoms with Crippen molar-refractivity contribution in [2.75, 3.05) is 13.1 Å². The van der Waals surface area contributed by atoms with Crippen LogP contribution in [0.2, 0.25) is 0 Å². The predicted molar refractivity (Wildman–Crippen MR) is 54.9 cm³/mol. The second-order valence-electron chi connectivity index (χ2n) is 3.78. The highest BCUT2D eigenvalue weighted by atomic mass is 16.4. The summed E-state index contributed by atoms with van der Waals surface area (Å²) in [6, 6.07) is 0. The Hall–Kier alpha value is -1.36. The molecule has 1 aromatic rings. The molecule has 0 saturated heterocycles. The molecule has 0 spiro atoms. The lowest BCUT2D eigenvalue weighted by atomic mass is 10.2. The number of aryl methyl sites for hydroxylation is 1. The van der Waals surface area contributed by atoms with E-state index in [1.165, 1.54) is 0 Å². The quantitative estimate of drug-likeness (QED) is 0.780. The molecular formula is C10H15N3O2. The molecule has 5 heteroatoms. The molecular weight excluding hydrogens is 194 g/mol. The molecule has 15 heavy (non-hydrogen) atoms. The molecule has 0 aliphatic carbocycles. The summed E-state index contributed by atoms with van der Waals surface area (Å²) in [6.45, 7) is 7.40. The summed E-state index contributed by atoms with van der Waals surface area (Å²) in [4.78, 5) is 17.3. The van der Waals surface area contributed by atoms with Crippen LogP contribution in [0.5, 0.6) is 0 Å². The summed E-state index contributed by atoms with van der Waals surface area (Å²) < 4.78 is 2.01. The number of aromatic nitrogens is 2. The van der Waals surface area contributed by atoms with Gasteiger partial charge in [0.25, 0.3) is 0 Å². The molecule has 82 valence electrons. The highest BCUT2D eigenvalue weighted by Gasteiger charge is 2.24. The van der Waals surface area contributed by atoms with E-state index in [-0.39, 0.29) is 5.69 Å². The Morgan fingerprint density at radius 3 is 2.87 bits per heavy atom. The topological polar surface area (TPSA) is 58.4 Å². The third-order valence-electron chi connectivity index (χ3n) is 2.93. The van der Waals surface area contributed by atoms with Crippen LogP contribution in [0, 0.1) is 6.92 Å². The van der Waals surface area contributed by atoms with E-state index in [0.717, 1.165) is 31.2 Å². The van der Waals surface area contributed by atoms with Crippen LogP contribution in [0.25, 0.3) is 0 Å². The first-order valence-electron chi connectivity index (χ1n) is 5.15. The molecule has 0 radical (unpaired) electrons. The van der Waals surface area contributed by atoms with Crippen LogP contribution in [0.4, 0.5) is 0 Å². The maximum absolute atomic E-state index is 11.0. The van der Waals surface area contributed by atoms with E-state index in [9.17, 15) is 4.79 Å². The van der Waals surface area contributed by atoms with Crippen molar-refractivity contribution < 1.29 is 9.90 Å². The van der Waals surface area contributed by atoms with Crippen LogP contribution in [-0.4, -0.2) is 38.6 Å². The summed E-state index contributed by atoms with van der Waals surface area (Å²) in [6.07, 6.45) is 0. The van der Waals surface area contributed by atoms with Crippen molar-refractivity contribution in [2.24, 2.45) is 0 Å². The van der Waals surface area contributed by atoms with Gasteiger partial charge in [-0.2, -0.15) is 0 Å². The molecule has 1 aromatic heterocycles. The van der Waals surface area contributed by atoms with E-state index >= 15 is 0 Å². The molecule has 1 aliphatic heterocycles. The molecule has 0 aromatic carbocycles. The lowest BCUT2D eigenvalue weighted by molar-refractivity contribution is 0.0687. The molecule has 0 fully saturated rings. The lowest BCUT2D eigenvalue weighted by Gasteiger charge is -2.27. The predicted octanol–water partition coefficient (Wildman–Crippen LogP) is 0.725. The zero-order valence-electron chi connectivity index (χ0n) is 9.03. The number of imidazole rings is 1. The Morgan fingerprint density at radius 1 is 1.53 bits per heavy atom. The largest absolute Gasteiger partial charge is 0.476 e. The maximum atomic E-state index is 11.0. The second kappa shape index (κ2) is 3.66. The van der Waals surface area contributed by atoms with Gasteiger partial charge in [0, 0.05) is 19.6 Å². The van der Waals surface area contributed by atoms with Crippen LogP contribution in [0.1, 0.15) is 28.9 Å². The lowest BCUT2D eigenvalue weighted by Crippen LogP contribution is -2.34. The van der Waals surface area contributed by atoms with Crippen molar-refractivity contribution in [2.45, 2.75) is 26.9 Å². The van der Waals surface area contributed by atoms with Gasteiger partial charge in [0.1, 0.15) is 5.82 Å². The van der Waals surface area contributed by atoms with Crippen LogP contribution >= 0.6 is 0 Å². The van der Waals surface area contributed by atoms with Crippen molar-refractivity contribution in [3.63, 3.8) is 0 Å². The molecule has 0 unspecified atom stereocenters. The molecule has 0 saturated carbocycles. The van der Waals surface area contributed by atoms with Crippen molar-refractivity contribution >= 4 is 5.97 Å². The van der Waals surface area contributed by atoms with E-state index < -0.39 is 5.97 Å². The highest BCUT2D eigenvalue weighted by Crippen LogP contribution is 2.18. The minimum Gasteiger partial charge on any atom is -0.476 e. The number of hydrogen-bond acceptors (Lipinski definition) is 3. The fourth-order valence-corrected chi connectivity index (χ4v) is 2.04. The number of carboxylic acid groups (broad SMARTS) is 1. The normalized spacial score (nSPS) is 16.4. The van der Waals surface area contributed by atoms with Crippen molar-refractivity contribution in [3.05, 3.63) is 17.2 Å². The maximum Gasteiger partial charge on any atom is 0.356 e. The van der Waals surface area contributed by atoms with Gasteiger partial charge in [-0.1, -0.05) is 6.92 Å². The smallest absolute Gasteiger partial charge is 0.356 e. The third-order valence-corrected chi connectivity index (χ3v) is 2.93. The Balaban J connectivity index is 2.41. The number of fused-ring (bicyclic) bond motifs is 1. The number of hydrogen-bond donors (Lipinski definition) is 1. The van der Waals surface area contributed by atoms with Crippen LogP contribution in [0.15, 0.2) is 0 Å². The molecule has 5 nitrogen and oxygen atoms in total. The SMILES string of the molecule is CCN1CCn2c(C)nc(C(=O)O)c2C1. The molecule has 0 amide bonds. The Morgan fingerprint density at radius 2 is 2.27 bits per heavy atom. The molecule has 2 rings (SSSR count). The molecule has 1 aliphatic rings. The number of carbonyl (C=O) groups is 1. The number of aromatic carboxylic acids is 1. The van der Waals surface area contributed by atoms with Gasteiger partial charge >= 0.3 is 5.97 Å². The molecule has 1 N–H and O–H groups in total. The van der Waals surface area contributed by atoms with Gasteiger partial charge in [-0.3, -0.25) is 4.90 Å². The first-order chi connectivity index (χ1) is 7.13. The van der Waals surface area contributed by atoms with Gasteiger partial charge in [0.05, 0.1) is 5.69 Å². The fourth-order valence-electron chi connectivity index (χ4n) is 2.04. The second-order valence-corrected chi connectivity index (χ2v) is 3.78. The molecule has 0 atom stereocenters. The summed E-state index contributed by atoms with van der Waals surface area (Å²) in [7, 11) is 0. The monoisotopic (exact) mass is 209 g/mol. The number of carboxylic acids is 1. The van der Waals surface area contributed by atoms with Gasteiger partial charge in [0.15, 0.2) is 5.69 Å². The van der Waals surface area contributed by atoms with Gasteiger partial charge < -0.3 is 9.67 Å². The summed E-state index contributed by atoms with van der Waals surface area (Å²) in [5.74, 6) is -0.122. The Kier molecular flexibility index (Phi) is 2.48. The third kappa shape index (κ3) is 1.63. The van der Waals surface area contributed by atoms with E-state index in [0.29, 0.717) is 6.54 Å². The minimum absolute atomic E-state index is 0.214. The van der Waals surface area contributed by atoms with Crippen LogP contribution in [0.3, 0.4) is 0 Å². The zero-order valence-corrected chi connectivity index (χ0v) is 9.03. The van der Waals surface area contributed by atoms with E-state index in [4.69, 9.17) is 5.11 Å². The van der Waals surface area contributed by atoms with Crippen molar-refractivity contribution in [1.82, 2.24) is 14.5 Å². The minimum atomic E-state index is -0.926. The standard InChI is InChI=1S/C10H15N3O2/c1-3-12-4-5-13-7(2)11-9(10(14)15)8(13)6-12/h3-6H2,1-2H3,(H,14,15). The van der Waals surface area contributed by atoms with E-state index in [1.807, 2.05) is 11.5 Å². The van der Waals surface area contributed by atoms with E-state index in [1.54, 1.807) is 0 Å². The Labute approximate surface area is 88.3 Å². The summed E-state index contributed by atoms with van der Waals surface area (Å²) in [5.41, 5.74) is 1.05. The summed E-state index contributed by atoms with van der Waals surface area (Å²) >= 11 is 0. The average Bonchev–Trinajstić information content (AvgIpc) is 2.56. The van der Waals surface area contributed by atoms with Gasteiger partial charge in [-0.25, -0.2) is 9.78 Å². The Bertz CT molecular complexity index is 398. The first kappa shape index (κ1) is 10.2. The fraction of sp³-hybridized carbons (Fsp3) is 0.600. The summed E-state index contributed by atoms with van der Waals surface area (Å²) in [5, 5.41) is 9.02. The number of rotatable bonds is 2. The van der Waals surface area contributed by atoms with Crippen molar-refractivity contribution in [1.29, 1.82) is 0 Å². The van der Waals surface area contributed by atoms with Gasteiger partial charge in [-0.15, -0.1) is 0 Å². The molecule has 0 bridgehead atoms. The van der Waals surface area contributed by atoms with Gasteiger partial charge in [-0.05, 0) is 13.5 Å². The van der Waals surface area contributed by atoms with Crippen LogP contribution < -0.4 is 0 Å². The average molecular weight is 209 g/mol. The molecule has 2 heterocycles. The van der Waals surface area contributed by atoms with Crippen LogP contribution in [-0.2, 0) is 13.1 Å². The highest BCUT2D eigenvalue weighted by molar-refractivity contribution is 5.86. The zero-order chi connectivity index (χ0) is 11.0. The first-order valence-corrected chi connectivity index (χ1v) is 5.15. The number of nitrogens with zero attached hydrogens (tertiary/aromatic N) is 3. The van der Waals surface area contributed by atoms with E-state index in [2.05, 4.69) is 16.8 Å².